The Hall–Kier alpha value is -0.860. The van der Waals surface area contributed by atoms with Crippen LogP contribution in [0.1, 0.15) is 37.7 Å². The van der Waals surface area contributed by atoms with Crippen LogP contribution in [0.15, 0.2) is 30.3 Å². The average Bonchev–Trinajstić information content (AvgIpc) is 2.48. The van der Waals surface area contributed by atoms with Crippen LogP contribution in [0.4, 0.5) is 0 Å². The molecule has 0 spiro atoms. The van der Waals surface area contributed by atoms with Crippen LogP contribution in [0.25, 0.3) is 0 Å². The van der Waals surface area contributed by atoms with Gasteiger partial charge in [-0.2, -0.15) is 0 Å². The maximum Gasteiger partial charge on any atom is 0.0132 e. The second kappa shape index (κ2) is 7.66. The van der Waals surface area contributed by atoms with Gasteiger partial charge in [-0.25, -0.2) is 0 Å². The van der Waals surface area contributed by atoms with Gasteiger partial charge in [-0.05, 0) is 57.3 Å². The molecule has 0 aromatic heterocycles. The van der Waals surface area contributed by atoms with Gasteiger partial charge in [0.25, 0.3) is 0 Å². The summed E-state index contributed by atoms with van der Waals surface area (Å²) in [5.74, 6) is 0.718. The summed E-state index contributed by atoms with van der Waals surface area (Å²) in [5, 5.41) is 0. The third-order valence-corrected chi connectivity index (χ3v) is 4.56. The largest absolute Gasteiger partial charge is 0.330 e. The number of nitrogens with two attached hydrogens (primary N) is 1. The molecule has 2 N–H and O–H groups in total. The van der Waals surface area contributed by atoms with Gasteiger partial charge >= 0.3 is 0 Å². The molecule has 106 valence electrons. The molecule has 2 heteroatoms. The third kappa shape index (κ3) is 4.32. The molecular weight excluding hydrogens is 232 g/mol. The fraction of sp³-hybridized carbons (Fsp3) is 0.647. The average molecular weight is 260 g/mol. The lowest BCUT2D eigenvalue weighted by Crippen LogP contribution is -2.43. The zero-order chi connectivity index (χ0) is 13.5. The fourth-order valence-corrected chi connectivity index (χ4v) is 3.39. The van der Waals surface area contributed by atoms with E-state index in [0.29, 0.717) is 0 Å². The van der Waals surface area contributed by atoms with Gasteiger partial charge in [0.1, 0.15) is 0 Å². The molecule has 0 radical (unpaired) electrons. The molecule has 1 aliphatic rings. The predicted octanol–water partition coefficient (Wildman–Crippen LogP) is 3.07. The van der Waals surface area contributed by atoms with Gasteiger partial charge in [-0.15, -0.1) is 0 Å². The first kappa shape index (κ1) is 14.5. The van der Waals surface area contributed by atoms with E-state index in [0.717, 1.165) is 18.5 Å². The lowest BCUT2D eigenvalue weighted by Gasteiger charge is -2.37. The summed E-state index contributed by atoms with van der Waals surface area (Å²) < 4.78 is 0. The zero-order valence-corrected chi connectivity index (χ0v) is 12.2. The molecule has 0 heterocycles. The Labute approximate surface area is 118 Å². The number of aryl methyl sites for hydroxylation is 1. The van der Waals surface area contributed by atoms with Crippen molar-refractivity contribution in [2.24, 2.45) is 11.7 Å². The highest BCUT2D eigenvalue weighted by Gasteiger charge is 2.26. The second-order valence-corrected chi connectivity index (χ2v) is 5.92. The van der Waals surface area contributed by atoms with Crippen molar-refractivity contribution in [3.05, 3.63) is 35.9 Å². The summed E-state index contributed by atoms with van der Waals surface area (Å²) in [6.45, 7) is 2.05. The fourth-order valence-electron chi connectivity index (χ4n) is 3.39. The van der Waals surface area contributed by atoms with E-state index in [1.807, 2.05) is 0 Å². The molecule has 2 rings (SSSR count). The molecular formula is C17H28N2. The van der Waals surface area contributed by atoms with Crippen molar-refractivity contribution in [1.82, 2.24) is 4.90 Å². The van der Waals surface area contributed by atoms with E-state index < -0.39 is 0 Å². The van der Waals surface area contributed by atoms with Gasteiger partial charge in [0, 0.05) is 6.04 Å². The van der Waals surface area contributed by atoms with E-state index in [4.69, 9.17) is 5.73 Å². The molecule has 2 unspecified atom stereocenters. The zero-order valence-electron chi connectivity index (χ0n) is 12.2. The maximum absolute atomic E-state index is 5.92. The van der Waals surface area contributed by atoms with Gasteiger partial charge in [-0.3, -0.25) is 0 Å². The van der Waals surface area contributed by atoms with Crippen molar-refractivity contribution in [3.63, 3.8) is 0 Å². The summed E-state index contributed by atoms with van der Waals surface area (Å²) in [6.07, 6.45) is 7.84. The van der Waals surface area contributed by atoms with E-state index in [1.54, 1.807) is 0 Å². The van der Waals surface area contributed by atoms with E-state index in [2.05, 4.69) is 42.3 Å². The van der Waals surface area contributed by atoms with Gasteiger partial charge in [0.2, 0.25) is 0 Å². The van der Waals surface area contributed by atoms with Crippen molar-refractivity contribution >= 4 is 0 Å². The summed E-state index contributed by atoms with van der Waals surface area (Å²) in [6, 6.07) is 11.5. The second-order valence-electron chi connectivity index (χ2n) is 5.92. The minimum absolute atomic E-state index is 0.717. The summed E-state index contributed by atoms with van der Waals surface area (Å²) >= 11 is 0. The molecule has 19 heavy (non-hydrogen) atoms. The van der Waals surface area contributed by atoms with Crippen LogP contribution in [0.3, 0.4) is 0 Å². The van der Waals surface area contributed by atoms with Gasteiger partial charge in [0.05, 0.1) is 0 Å². The molecule has 1 fully saturated rings. The Morgan fingerprint density at radius 3 is 2.63 bits per heavy atom. The van der Waals surface area contributed by atoms with Crippen molar-refractivity contribution in [2.45, 2.75) is 44.6 Å². The molecule has 2 atom stereocenters. The Balaban J connectivity index is 1.75. The van der Waals surface area contributed by atoms with Crippen LogP contribution in [-0.2, 0) is 6.42 Å². The Morgan fingerprint density at radius 1 is 1.16 bits per heavy atom. The Kier molecular flexibility index (Phi) is 5.87. The highest BCUT2D eigenvalue weighted by atomic mass is 15.1. The van der Waals surface area contributed by atoms with Crippen LogP contribution in [0.2, 0.25) is 0 Å². The van der Waals surface area contributed by atoms with Crippen molar-refractivity contribution < 1.29 is 0 Å². The quantitative estimate of drug-likeness (QED) is 0.851. The smallest absolute Gasteiger partial charge is 0.0132 e. The number of hydrogen-bond acceptors (Lipinski definition) is 2. The first-order chi connectivity index (χ1) is 9.31. The van der Waals surface area contributed by atoms with E-state index in [-0.39, 0.29) is 0 Å². The molecule has 0 aliphatic heterocycles. The number of hydrogen-bond donors (Lipinski definition) is 1. The minimum atomic E-state index is 0.717. The molecule has 2 nitrogen and oxygen atoms in total. The first-order valence-corrected chi connectivity index (χ1v) is 7.75. The number of rotatable bonds is 6. The summed E-state index contributed by atoms with van der Waals surface area (Å²) in [7, 11) is 2.28. The molecule has 0 saturated heterocycles. The van der Waals surface area contributed by atoms with Crippen molar-refractivity contribution in [3.8, 4) is 0 Å². The molecule has 0 amide bonds. The van der Waals surface area contributed by atoms with Crippen molar-refractivity contribution in [1.29, 1.82) is 0 Å². The minimum Gasteiger partial charge on any atom is -0.330 e. The highest BCUT2D eigenvalue weighted by molar-refractivity contribution is 5.14. The summed E-state index contributed by atoms with van der Waals surface area (Å²) in [5.41, 5.74) is 7.38. The van der Waals surface area contributed by atoms with E-state index in [9.17, 15) is 0 Å². The monoisotopic (exact) mass is 260 g/mol. The highest BCUT2D eigenvalue weighted by Crippen LogP contribution is 2.27. The SMILES string of the molecule is CN(CCCc1ccccc1)C1CCCCC1CN. The third-order valence-electron chi connectivity index (χ3n) is 4.56. The van der Waals surface area contributed by atoms with Gasteiger partial charge in [0.15, 0.2) is 0 Å². The van der Waals surface area contributed by atoms with Crippen LogP contribution >= 0.6 is 0 Å². The molecule has 1 aromatic rings. The standard InChI is InChI=1S/C17H28N2/c1-19(17-12-6-5-11-16(17)14-18)13-7-10-15-8-3-2-4-9-15/h2-4,8-9,16-17H,5-7,10-14,18H2,1H3. The summed E-state index contributed by atoms with van der Waals surface area (Å²) in [4.78, 5) is 2.56. The normalized spacial score (nSPS) is 23.7. The van der Waals surface area contributed by atoms with E-state index >= 15 is 0 Å². The number of benzene rings is 1. The van der Waals surface area contributed by atoms with Gasteiger partial charge in [-0.1, -0.05) is 43.2 Å². The molecule has 1 aliphatic carbocycles. The topological polar surface area (TPSA) is 29.3 Å². The lowest BCUT2D eigenvalue weighted by atomic mass is 9.83. The number of nitrogens with zero attached hydrogens (tertiary/aromatic N) is 1. The maximum atomic E-state index is 5.92. The molecule has 1 aromatic carbocycles. The predicted molar refractivity (Wildman–Crippen MR) is 82.2 cm³/mol. The van der Waals surface area contributed by atoms with E-state index in [1.165, 1.54) is 50.6 Å². The van der Waals surface area contributed by atoms with Crippen LogP contribution in [-0.4, -0.2) is 31.1 Å². The Morgan fingerprint density at radius 2 is 1.89 bits per heavy atom. The van der Waals surface area contributed by atoms with Gasteiger partial charge < -0.3 is 10.6 Å². The Bertz CT molecular complexity index is 350. The van der Waals surface area contributed by atoms with Crippen molar-refractivity contribution in [2.75, 3.05) is 20.1 Å². The molecule has 0 bridgehead atoms. The van der Waals surface area contributed by atoms with Crippen LogP contribution in [0, 0.1) is 5.92 Å². The van der Waals surface area contributed by atoms with Crippen LogP contribution in [0.5, 0.6) is 0 Å². The first-order valence-electron chi connectivity index (χ1n) is 7.75. The molecule has 1 saturated carbocycles. The lowest BCUT2D eigenvalue weighted by molar-refractivity contribution is 0.132. The van der Waals surface area contributed by atoms with Crippen LogP contribution < -0.4 is 5.73 Å².